The maximum Gasteiger partial charge on any atom is 0.163 e. The van der Waals surface area contributed by atoms with Gasteiger partial charge < -0.3 is 14.8 Å². The number of benzene rings is 3. The molecule has 1 N–H and O–H groups in total. The predicted molar refractivity (Wildman–Crippen MR) is 117 cm³/mol. The summed E-state index contributed by atoms with van der Waals surface area (Å²) < 4.78 is 11.5. The molecule has 0 saturated heterocycles. The zero-order valence-electron chi connectivity index (χ0n) is 16.2. The number of halogens is 2. The molecular weight excluding hydrogens is 393 g/mol. The van der Waals surface area contributed by atoms with Crippen molar-refractivity contribution in [3.63, 3.8) is 0 Å². The lowest BCUT2D eigenvalue weighted by molar-refractivity contribution is 0.284. The number of anilines is 1. The van der Waals surface area contributed by atoms with E-state index in [0.717, 1.165) is 27.4 Å². The molecule has 3 rings (SSSR count). The molecule has 0 saturated carbocycles. The molecule has 3 nitrogen and oxygen atoms in total. The molecule has 146 valence electrons. The number of rotatable bonds is 7. The molecule has 0 unspecified atom stereocenters. The molecule has 3 aromatic rings. The van der Waals surface area contributed by atoms with Crippen LogP contribution < -0.4 is 14.8 Å². The Balaban J connectivity index is 1.72. The molecule has 3 aromatic carbocycles. The summed E-state index contributed by atoms with van der Waals surface area (Å²) in [6.07, 6.45) is 0. The number of hydrogen-bond donors (Lipinski definition) is 1. The van der Waals surface area contributed by atoms with Crippen LogP contribution in [-0.2, 0) is 13.2 Å². The Bertz CT molecular complexity index is 973. The Labute approximate surface area is 176 Å². The molecule has 0 spiro atoms. The summed E-state index contributed by atoms with van der Waals surface area (Å²) in [5.74, 6) is 1.27. The van der Waals surface area contributed by atoms with Crippen LogP contribution in [-0.4, -0.2) is 7.11 Å². The van der Waals surface area contributed by atoms with Crippen LogP contribution in [0.2, 0.25) is 10.0 Å². The number of methoxy groups -OCH3 is 1. The third kappa shape index (κ3) is 5.12. The van der Waals surface area contributed by atoms with Gasteiger partial charge in [0.25, 0.3) is 0 Å². The van der Waals surface area contributed by atoms with Gasteiger partial charge in [0.05, 0.1) is 7.11 Å². The fourth-order valence-electron chi connectivity index (χ4n) is 2.85. The first-order valence-electron chi connectivity index (χ1n) is 9.01. The number of hydrogen-bond acceptors (Lipinski definition) is 3. The average Bonchev–Trinajstić information content (AvgIpc) is 2.68. The average molecular weight is 416 g/mol. The Kier molecular flexibility index (Phi) is 6.71. The molecule has 0 amide bonds. The van der Waals surface area contributed by atoms with Crippen LogP contribution in [0.4, 0.5) is 5.69 Å². The lowest BCUT2D eigenvalue weighted by Gasteiger charge is -2.15. The van der Waals surface area contributed by atoms with E-state index in [4.69, 9.17) is 32.7 Å². The fraction of sp³-hybridized carbons (Fsp3) is 0.217. The second kappa shape index (κ2) is 9.22. The first kappa shape index (κ1) is 20.4. The largest absolute Gasteiger partial charge is 0.493 e. The van der Waals surface area contributed by atoms with Crippen LogP contribution in [0.15, 0.2) is 54.6 Å². The molecule has 0 radical (unpaired) electrons. The second-order valence-corrected chi connectivity index (χ2v) is 7.50. The van der Waals surface area contributed by atoms with E-state index in [0.29, 0.717) is 29.7 Å². The van der Waals surface area contributed by atoms with Gasteiger partial charge in [-0.3, -0.25) is 0 Å². The lowest BCUT2D eigenvalue weighted by Crippen LogP contribution is -2.03. The van der Waals surface area contributed by atoms with Crippen LogP contribution in [0.25, 0.3) is 0 Å². The third-order valence-corrected chi connectivity index (χ3v) is 5.22. The summed E-state index contributed by atoms with van der Waals surface area (Å²) in [7, 11) is 1.62. The van der Waals surface area contributed by atoms with E-state index in [1.807, 2.05) is 43.3 Å². The van der Waals surface area contributed by atoms with E-state index >= 15 is 0 Å². The Hall–Kier alpha value is -2.36. The molecule has 0 fully saturated rings. The van der Waals surface area contributed by atoms with Gasteiger partial charge in [0.1, 0.15) is 6.61 Å². The Morgan fingerprint density at radius 3 is 2.43 bits per heavy atom. The number of ether oxygens (including phenoxy) is 2. The lowest BCUT2D eigenvalue weighted by atomic mass is 10.1. The highest BCUT2D eigenvalue weighted by Crippen LogP contribution is 2.34. The van der Waals surface area contributed by atoms with Crippen molar-refractivity contribution in [2.45, 2.75) is 27.0 Å². The van der Waals surface area contributed by atoms with Gasteiger partial charge in [-0.05, 0) is 48.7 Å². The minimum Gasteiger partial charge on any atom is -0.493 e. The second-order valence-electron chi connectivity index (χ2n) is 6.69. The molecule has 0 atom stereocenters. The highest BCUT2D eigenvalue weighted by atomic mass is 35.5. The molecule has 0 aliphatic carbocycles. The van der Waals surface area contributed by atoms with Gasteiger partial charge in [-0.25, -0.2) is 0 Å². The van der Waals surface area contributed by atoms with Crippen LogP contribution in [0.3, 0.4) is 0 Å². The van der Waals surface area contributed by atoms with Gasteiger partial charge in [0.2, 0.25) is 0 Å². The minimum absolute atomic E-state index is 0.452. The quantitative estimate of drug-likeness (QED) is 0.459. The first-order chi connectivity index (χ1) is 13.5. The molecule has 0 aliphatic heterocycles. The van der Waals surface area contributed by atoms with Crippen molar-refractivity contribution in [1.29, 1.82) is 0 Å². The molecule has 0 aromatic heterocycles. The van der Waals surface area contributed by atoms with Gasteiger partial charge in [-0.15, -0.1) is 0 Å². The number of nitrogens with one attached hydrogen (secondary N) is 1. The van der Waals surface area contributed by atoms with Crippen molar-refractivity contribution in [3.05, 3.63) is 86.9 Å². The summed E-state index contributed by atoms with van der Waals surface area (Å²) in [5.41, 5.74) is 5.19. The first-order valence-corrected chi connectivity index (χ1v) is 9.76. The molecule has 5 heteroatoms. The van der Waals surface area contributed by atoms with Crippen LogP contribution in [0.5, 0.6) is 11.5 Å². The number of aryl methyl sites for hydroxylation is 2. The summed E-state index contributed by atoms with van der Waals surface area (Å²) in [6, 6.07) is 17.8. The van der Waals surface area contributed by atoms with Gasteiger partial charge >= 0.3 is 0 Å². The highest BCUT2D eigenvalue weighted by molar-refractivity contribution is 6.32. The van der Waals surface area contributed by atoms with Gasteiger partial charge in [-0.1, -0.05) is 59.1 Å². The van der Waals surface area contributed by atoms with Crippen LogP contribution >= 0.6 is 23.2 Å². The predicted octanol–water partition coefficient (Wildman–Crippen LogP) is 6.81. The molecule has 0 bridgehead atoms. The van der Waals surface area contributed by atoms with Gasteiger partial charge in [-0.2, -0.15) is 0 Å². The van der Waals surface area contributed by atoms with E-state index in [1.54, 1.807) is 13.2 Å². The fourth-order valence-corrected chi connectivity index (χ4v) is 3.25. The Morgan fingerprint density at radius 2 is 1.71 bits per heavy atom. The summed E-state index contributed by atoms with van der Waals surface area (Å²) in [6.45, 7) is 5.04. The van der Waals surface area contributed by atoms with Crippen molar-refractivity contribution in [2.75, 3.05) is 12.4 Å². The zero-order valence-corrected chi connectivity index (χ0v) is 17.7. The van der Waals surface area contributed by atoms with Crippen molar-refractivity contribution in [1.82, 2.24) is 0 Å². The SMILES string of the molecule is COc1cc(CNc2ccc(C)c(Cl)c2)c(Cl)cc1OCc1cccc(C)c1. The maximum atomic E-state index is 6.49. The van der Waals surface area contributed by atoms with Crippen LogP contribution in [0, 0.1) is 13.8 Å². The summed E-state index contributed by atoms with van der Waals surface area (Å²) >= 11 is 12.7. The van der Waals surface area contributed by atoms with Crippen molar-refractivity contribution in [2.24, 2.45) is 0 Å². The van der Waals surface area contributed by atoms with Gasteiger partial charge in [0, 0.05) is 28.3 Å². The molecular formula is C23H23Cl2NO2. The maximum absolute atomic E-state index is 6.49. The van der Waals surface area contributed by atoms with E-state index in [2.05, 4.69) is 24.4 Å². The van der Waals surface area contributed by atoms with Crippen molar-refractivity contribution < 1.29 is 9.47 Å². The van der Waals surface area contributed by atoms with E-state index < -0.39 is 0 Å². The standard InChI is InChI=1S/C23H23Cl2NO2/c1-15-5-4-6-17(9-15)14-28-23-12-21(25)18(10-22(23)27-3)13-26-19-8-7-16(2)20(24)11-19/h4-12,26H,13-14H2,1-3H3. The summed E-state index contributed by atoms with van der Waals surface area (Å²) in [4.78, 5) is 0. The molecule has 0 aliphatic rings. The minimum atomic E-state index is 0.452. The smallest absolute Gasteiger partial charge is 0.163 e. The molecule has 28 heavy (non-hydrogen) atoms. The monoisotopic (exact) mass is 415 g/mol. The van der Waals surface area contributed by atoms with E-state index in [1.165, 1.54) is 5.56 Å². The van der Waals surface area contributed by atoms with E-state index in [-0.39, 0.29) is 0 Å². The Morgan fingerprint density at radius 1 is 0.893 bits per heavy atom. The van der Waals surface area contributed by atoms with Crippen molar-refractivity contribution in [3.8, 4) is 11.5 Å². The van der Waals surface area contributed by atoms with E-state index in [9.17, 15) is 0 Å². The normalized spacial score (nSPS) is 10.6. The molecule has 0 heterocycles. The van der Waals surface area contributed by atoms with Gasteiger partial charge in [0.15, 0.2) is 11.5 Å². The topological polar surface area (TPSA) is 30.5 Å². The third-order valence-electron chi connectivity index (χ3n) is 4.46. The van der Waals surface area contributed by atoms with Crippen molar-refractivity contribution >= 4 is 28.9 Å². The summed E-state index contributed by atoms with van der Waals surface area (Å²) in [5, 5.41) is 4.69. The highest BCUT2D eigenvalue weighted by Gasteiger charge is 2.11. The zero-order chi connectivity index (χ0) is 20.1. The van der Waals surface area contributed by atoms with Crippen LogP contribution in [0.1, 0.15) is 22.3 Å².